The van der Waals surface area contributed by atoms with E-state index in [0.717, 1.165) is 18.4 Å². The Kier molecular flexibility index (Phi) is 7.35. The number of piperidine rings is 1. The molecule has 2 N–H and O–H groups in total. The summed E-state index contributed by atoms with van der Waals surface area (Å²) in [6.07, 6.45) is 3.03. The Balaban J connectivity index is 1.87. The van der Waals surface area contributed by atoms with Crippen molar-refractivity contribution < 1.29 is 18.9 Å². The first-order chi connectivity index (χ1) is 13.8. The molecule has 4 atom stereocenters. The number of carbonyl (C=O) groups excluding carboxylic acids is 1. The third kappa shape index (κ3) is 5.58. The van der Waals surface area contributed by atoms with Crippen molar-refractivity contribution in [2.24, 2.45) is 11.8 Å². The number of benzene rings is 1. The fourth-order valence-electron chi connectivity index (χ4n) is 4.02. The molecule has 3 rings (SSSR count). The number of nitrogens with one attached hydrogen (secondary N) is 1. The molecular weight excluding hydrogens is 412 g/mol. The summed E-state index contributed by atoms with van der Waals surface area (Å²) in [6, 6.07) is 7.16. The van der Waals surface area contributed by atoms with E-state index in [9.17, 15) is 18.9 Å². The summed E-state index contributed by atoms with van der Waals surface area (Å²) in [7, 11) is -1.09. The van der Waals surface area contributed by atoms with Gasteiger partial charge >= 0.3 is 5.97 Å². The smallest absolute Gasteiger partial charge is 0.304 e. The predicted octanol–water partition coefficient (Wildman–Crippen LogP) is 3.53. The second-order valence-electron chi connectivity index (χ2n) is 8.34. The van der Waals surface area contributed by atoms with E-state index < -0.39 is 22.9 Å². The van der Waals surface area contributed by atoms with Gasteiger partial charge in [-0.2, -0.15) is 0 Å². The van der Waals surface area contributed by atoms with Crippen LogP contribution < -0.4 is 4.72 Å². The number of carbonyl (C=O) groups is 2. The van der Waals surface area contributed by atoms with Gasteiger partial charge in [0.2, 0.25) is 5.91 Å². The van der Waals surface area contributed by atoms with Gasteiger partial charge in [-0.3, -0.25) is 9.59 Å². The molecule has 1 heterocycles. The lowest BCUT2D eigenvalue weighted by atomic mass is 9.84. The number of nitrogens with zero attached hydrogens (tertiary/aromatic N) is 1. The highest BCUT2D eigenvalue weighted by atomic mass is 35.5. The minimum absolute atomic E-state index is 0.126. The molecule has 160 valence electrons. The van der Waals surface area contributed by atoms with Crippen LogP contribution in [0.4, 0.5) is 0 Å². The van der Waals surface area contributed by atoms with Gasteiger partial charge in [0, 0.05) is 28.8 Å². The zero-order valence-corrected chi connectivity index (χ0v) is 18.4. The molecule has 6 nitrogen and oxygen atoms in total. The maximum atomic E-state index is 13.4. The second-order valence-corrected chi connectivity index (χ2v) is 10.3. The summed E-state index contributed by atoms with van der Waals surface area (Å²) in [4.78, 5) is 26.5. The van der Waals surface area contributed by atoms with Crippen molar-refractivity contribution in [3.8, 4) is 0 Å². The van der Waals surface area contributed by atoms with E-state index in [4.69, 9.17) is 11.6 Å². The van der Waals surface area contributed by atoms with Crippen molar-refractivity contribution in [1.82, 2.24) is 9.62 Å². The van der Waals surface area contributed by atoms with E-state index >= 15 is 0 Å². The lowest BCUT2D eigenvalue weighted by Gasteiger charge is -2.45. The van der Waals surface area contributed by atoms with Crippen LogP contribution in [-0.2, 0) is 20.6 Å². The zero-order chi connectivity index (χ0) is 21.1. The number of halogens is 1. The first kappa shape index (κ1) is 22.2. The van der Waals surface area contributed by atoms with E-state index in [2.05, 4.69) is 4.72 Å². The number of rotatable bonds is 9. The highest BCUT2D eigenvalue weighted by Gasteiger charge is 2.41. The molecule has 0 spiro atoms. The molecule has 0 aromatic heterocycles. The summed E-state index contributed by atoms with van der Waals surface area (Å²) in [5, 5.41) is 10.1. The molecule has 1 saturated carbocycles. The third-order valence-electron chi connectivity index (χ3n) is 5.79. The maximum Gasteiger partial charge on any atom is 0.304 e. The molecule has 1 aromatic carbocycles. The van der Waals surface area contributed by atoms with Gasteiger partial charge in [0.25, 0.3) is 0 Å². The van der Waals surface area contributed by atoms with Crippen LogP contribution in [0.15, 0.2) is 24.3 Å². The van der Waals surface area contributed by atoms with Gasteiger partial charge in [0.1, 0.15) is 0 Å². The first-order valence-electron chi connectivity index (χ1n) is 10.2. The Morgan fingerprint density at radius 2 is 1.90 bits per heavy atom. The lowest BCUT2D eigenvalue weighted by Crippen LogP contribution is -2.54. The molecule has 0 bridgehead atoms. The Morgan fingerprint density at radius 3 is 2.45 bits per heavy atom. The molecular formula is C21H29ClN2O4S. The van der Waals surface area contributed by atoms with Gasteiger partial charge in [-0.05, 0) is 49.3 Å². The molecule has 29 heavy (non-hydrogen) atoms. The van der Waals surface area contributed by atoms with E-state index in [-0.39, 0.29) is 35.6 Å². The van der Waals surface area contributed by atoms with Crippen LogP contribution in [0.25, 0.3) is 0 Å². The molecule has 0 radical (unpaired) electrons. The average Bonchev–Trinajstić information content (AvgIpc) is 3.50. The maximum absolute atomic E-state index is 13.4. The van der Waals surface area contributed by atoms with Crippen LogP contribution >= 0.6 is 11.6 Å². The number of hydrogen-bond acceptors (Lipinski definition) is 3. The van der Waals surface area contributed by atoms with Gasteiger partial charge in [-0.1, -0.05) is 37.6 Å². The molecule has 2 fully saturated rings. The summed E-state index contributed by atoms with van der Waals surface area (Å²) in [5.41, 5.74) is 0.991. The fourth-order valence-corrected chi connectivity index (χ4v) is 5.28. The standard InChI is InChI=1S/C21H29ClN2O4S/c1-13(2)19(12-23-29(28)17-8-9-17)24-18(14-3-6-16(22)7-4-14)10-5-15(21(24)27)11-20(25)26/h3-4,6-7,13,15,17-19,23H,5,8-12H2,1-2H3,(H,25,26). The average molecular weight is 441 g/mol. The van der Waals surface area contributed by atoms with Crippen molar-refractivity contribution in [2.75, 3.05) is 6.54 Å². The third-order valence-corrected chi connectivity index (χ3v) is 7.57. The van der Waals surface area contributed by atoms with Gasteiger partial charge in [-0.25, -0.2) is 8.93 Å². The van der Waals surface area contributed by atoms with Crippen molar-refractivity contribution in [3.05, 3.63) is 34.9 Å². The SMILES string of the molecule is CC(C)C(CNS(=O)C1CC1)N1C(=O)C(CC(=O)O)CCC1c1ccc(Cl)cc1. The van der Waals surface area contributed by atoms with E-state index in [0.29, 0.717) is 24.4 Å². The quantitative estimate of drug-likeness (QED) is 0.614. The zero-order valence-electron chi connectivity index (χ0n) is 16.8. The Morgan fingerprint density at radius 1 is 1.24 bits per heavy atom. The van der Waals surface area contributed by atoms with E-state index in [1.54, 1.807) is 0 Å². The minimum atomic E-state index is -1.09. The van der Waals surface area contributed by atoms with Gasteiger partial charge in [0.05, 0.1) is 23.4 Å². The molecule has 8 heteroatoms. The van der Waals surface area contributed by atoms with Crippen molar-refractivity contribution in [1.29, 1.82) is 0 Å². The van der Waals surface area contributed by atoms with Crippen LogP contribution in [0, 0.1) is 11.8 Å². The van der Waals surface area contributed by atoms with E-state index in [1.807, 2.05) is 43.0 Å². The summed E-state index contributed by atoms with van der Waals surface area (Å²) in [5.74, 6) is -1.48. The minimum Gasteiger partial charge on any atom is -0.481 e. The second kappa shape index (κ2) is 9.58. The molecule has 2 aliphatic rings. The van der Waals surface area contributed by atoms with Crippen molar-refractivity contribution in [3.63, 3.8) is 0 Å². The fraction of sp³-hybridized carbons (Fsp3) is 0.619. The van der Waals surface area contributed by atoms with Crippen LogP contribution in [0.5, 0.6) is 0 Å². The first-order valence-corrected chi connectivity index (χ1v) is 11.8. The molecule has 1 aromatic rings. The number of carboxylic acids is 1. The Bertz CT molecular complexity index is 766. The monoisotopic (exact) mass is 440 g/mol. The Labute approximate surface area is 179 Å². The van der Waals surface area contributed by atoms with Gasteiger partial charge in [-0.15, -0.1) is 0 Å². The Hall–Kier alpha value is -1.44. The highest BCUT2D eigenvalue weighted by Crippen LogP contribution is 2.38. The number of carboxylic acid groups (broad SMARTS) is 1. The topological polar surface area (TPSA) is 86.7 Å². The molecule has 1 amide bonds. The molecule has 1 aliphatic heterocycles. The normalized spacial score (nSPS) is 24.6. The van der Waals surface area contributed by atoms with E-state index in [1.165, 1.54) is 0 Å². The van der Waals surface area contributed by atoms with Crippen molar-refractivity contribution in [2.45, 2.75) is 63.3 Å². The number of aliphatic carboxylic acids is 1. The van der Waals surface area contributed by atoms with Crippen LogP contribution in [0.3, 0.4) is 0 Å². The van der Waals surface area contributed by atoms with Crippen LogP contribution in [0.1, 0.15) is 57.6 Å². The number of likely N-dealkylation sites (tertiary alicyclic amines) is 1. The van der Waals surface area contributed by atoms with Crippen LogP contribution in [0.2, 0.25) is 5.02 Å². The number of amides is 1. The van der Waals surface area contributed by atoms with Gasteiger partial charge in [0.15, 0.2) is 0 Å². The molecule has 4 unspecified atom stereocenters. The predicted molar refractivity (Wildman–Crippen MR) is 114 cm³/mol. The van der Waals surface area contributed by atoms with Gasteiger partial charge < -0.3 is 10.0 Å². The summed E-state index contributed by atoms with van der Waals surface area (Å²) >= 11 is 6.04. The highest BCUT2D eigenvalue weighted by molar-refractivity contribution is 7.84. The number of hydrogen-bond donors (Lipinski definition) is 2. The molecule has 1 aliphatic carbocycles. The van der Waals surface area contributed by atoms with Crippen LogP contribution in [-0.4, -0.2) is 43.9 Å². The van der Waals surface area contributed by atoms with Crippen molar-refractivity contribution >= 4 is 34.5 Å². The summed E-state index contributed by atoms with van der Waals surface area (Å²) < 4.78 is 15.4. The lowest BCUT2D eigenvalue weighted by molar-refractivity contribution is -0.152. The molecule has 1 saturated heterocycles. The summed E-state index contributed by atoms with van der Waals surface area (Å²) in [6.45, 7) is 4.51. The largest absolute Gasteiger partial charge is 0.481 e.